The Morgan fingerprint density at radius 2 is 1.15 bits per heavy atom. The van der Waals surface area contributed by atoms with Gasteiger partial charge >= 0.3 is 6.11 Å². The molecule has 0 bridgehead atoms. The predicted molar refractivity (Wildman–Crippen MR) is 171 cm³/mol. The van der Waals surface area contributed by atoms with Gasteiger partial charge in [0, 0.05) is 38.3 Å². The molecule has 0 spiro atoms. The number of aliphatic hydroxyl groups excluding tert-OH is 2. The van der Waals surface area contributed by atoms with Crippen LogP contribution in [0.25, 0.3) is 0 Å². The second-order valence-corrected chi connectivity index (χ2v) is 15.7. The number of aliphatic hydroxyl groups is 2. The quantitative estimate of drug-likeness (QED) is 0.0835. The van der Waals surface area contributed by atoms with E-state index >= 15 is 0 Å². The summed E-state index contributed by atoms with van der Waals surface area (Å²) in [7, 11) is 0. The third-order valence-corrected chi connectivity index (χ3v) is 8.42. The molecule has 0 aromatic heterocycles. The highest BCUT2D eigenvalue weighted by molar-refractivity contribution is 4.95. The zero-order chi connectivity index (χ0) is 35.1. The molecule has 276 valence electrons. The molecule has 0 amide bonds. The summed E-state index contributed by atoms with van der Waals surface area (Å²) in [5.74, 6) is 0. The predicted octanol–water partition coefficient (Wildman–Crippen LogP) is 3.47. The number of rotatable bonds is 20. The van der Waals surface area contributed by atoms with E-state index in [4.69, 9.17) is 16.2 Å². The third kappa shape index (κ3) is 19.4. The first-order chi connectivity index (χ1) is 21.2. The van der Waals surface area contributed by atoms with Gasteiger partial charge in [0.2, 0.25) is 0 Å². The summed E-state index contributed by atoms with van der Waals surface area (Å²) in [6.45, 7) is 12.4. The van der Waals surface area contributed by atoms with Crippen molar-refractivity contribution < 1.29 is 46.7 Å². The van der Waals surface area contributed by atoms with Crippen molar-refractivity contribution in [3.63, 3.8) is 0 Å². The van der Waals surface area contributed by atoms with Crippen molar-refractivity contribution in [2.45, 2.75) is 110 Å². The fraction of sp³-hybridized carbons (Fsp3) is 1.00. The fourth-order valence-electron chi connectivity index (χ4n) is 7.73. The van der Waals surface area contributed by atoms with Crippen molar-refractivity contribution in [1.29, 1.82) is 0 Å². The van der Waals surface area contributed by atoms with Gasteiger partial charge in [0.15, 0.2) is 13.7 Å². The summed E-state index contributed by atoms with van der Waals surface area (Å²) in [6, 6.07) is 0.437. The van der Waals surface area contributed by atoms with Crippen molar-refractivity contribution in [3.05, 3.63) is 0 Å². The number of nitrogens with two attached hydrogens (primary N) is 2. The van der Waals surface area contributed by atoms with Gasteiger partial charge in [-0.15, -0.1) is 0 Å². The van der Waals surface area contributed by atoms with E-state index in [0.717, 1.165) is 51.6 Å². The van der Waals surface area contributed by atoms with Crippen molar-refractivity contribution in [2.75, 3.05) is 72.9 Å². The molecule has 46 heavy (non-hydrogen) atoms. The molecular weight excluding hydrogens is 612 g/mol. The Morgan fingerprint density at radius 1 is 0.717 bits per heavy atom. The second kappa shape index (κ2) is 20.1. The molecule has 2 saturated carbocycles. The highest BCUT2D eigenvalue weighted by Crippen LogP contribution is 2.46. The van der Waals surface area contributed by atoms with E-state index in [0.29, 0.717) is 13.1 Å². The van der Waals surface area contributed by atoms with Crippen LogP contribution in [-0.2, 0) is 18.9 Å². The number of hydrogen-bond donors (Lipinski definition) is 6. The SMILES string of the molecule is CC1(C)CC(N)CC(C)(CNCC(O)COCCOCC(F)(F)OCF)C1.CC1(C)CC(N)CC(C)(CNCC(O)COCF)C1. The fourth-order valence-corrected chi connectivity index (χ4v) is 7.73. The molecule has 0 aromatic rings. The van der Waals surface area contributed by atoms with Gasteiger partial charge in [-0.05, 0) is 60.2 Å². The van der Waals surface area contributed by atoms with Crippen molar-refractivity contribution in [2.24, 2.45) is 33.1 Å². The number of nitrogens with one attached hydrogen (secondary N) is 2. The molecule has 2 fully saturated rings. The summed E-state index contributed by atoms with van der Waals surface area (Å²) >= 11 is 0. The third-order valence-electron chi connectivity index (χ3n) is 8.42. The summed E-state index contributed by atoms with van der Waals surface area (Å²) in [5.41, 5.74) is 13.0. The lowest BCUT2D eigenvalue weighted by atomic mass is 9.63. The first kappa shape index (κ1) is 43.3. The Labute approximate surface area is 274 Å². The van der Waals surface area contributed by atoms with Crippen molar-refractivity contribution >= 4 is 0 Å². The van der Waals surface area contributed by atoms with Gasteiger partial charge in [-0.3, -0.25) is 4.74 Å². The van der Waals surface area contributed by atoms with E-state index in [9.17, 15) is 27.8 Å². The minimum absolute atomic E-state index is 0.0330. The molecule has 2 aliphatic carbocycles. The molecule has 14 heteroatoms. The van der Waals surface area contributed by atoms with E-state index in [1.807, 2.05) is 0 Å². The lowest BCUT2D eigenvalue weighted by Gasteiger charge is -2.46. The molecule has 6 atom stereocenters. The van der Waals surface area contributed by atoms with Crippen LogP contribution in [0.3, 0.4) is 0 Å². The van der Waals surface area contributed by atoms with Crippen LogP contribution in [0.2, 0.25) is 0 Å². The Balaban J connectivity index is 0.000000489. The van der Waals surface area contributed by atoms with Gasteiger partial charge in [0.25, 0.3) is 0 Å². The van der Waals surface area contributed by atoms with Crippen LogP contribution in [0, 0.1) is 21.7 Å². The Kier molecular flexibility index (Phi) is 18.9. The average molecular weight is 677 g/mol. The van der Waals surface area contributed by atoms with E-state index in [1.54, 1.807) is 0 Å². The van der Waals surface area contributed by atoms with Gasteiger partial charge in [0.05, 0.1) is 38.6 Å². The maximum atomic E-state index is 12.8. The standard InChI is InChI=1S/C18H35F3N2O4.C14H29FN2O2/c1-16(2)6-14(22)7-17(3,10-16)11-23-8-15(24)9-25-4-5-26-12-18(20,21)27-13-19;1-13(2)4-11(16)5-14(3,8-13)9-17-6-12(18)7-19-10-15/h14-15,23-24H,4-13,22H2,1-3H3;11-12,17-18H,4-10,16H2,1-3H3. The topological polar surface area (TPSA) is 153 Å². The van der Waals surface area contributed by atoms with Crippen molar-refractivity contribution in [1.82, 2.24) is 10.6 Å². The highest BCUT2D eigenvalue weighted by atomic mass is 19.3. The largest absolute Gasteiger partial charge is 0.389 e. The normalized spacial score (nSPS) is 29.1. The number of halogens is 4. The molecule has 10 nitrogen and oxygen atoms in total. The zero-order valence-electron chi connectivity index (χ0n) is 29.0. The second-order valence-electron chi connectivity index (χ2n) is 15.7. The molecule has 0 saturated heterocycles. The van der Waals surface area contributed by atoms with Crippen LogP contribution in [0.15, 0.2) is 0 Å². The smallest absolute Gasteiger partial charge is 0.381 e. The molecule has 0 aromatic carbocycles. The van der Waals surface area contributed by atoms with Crippen LogP contribution in [0.5, 0.6) is 0 Å². The number of alkyl halides is 4. The van der Waals surface area contributed by atoms with Gasteiger partial charge in [0.1, 0.15) is 6.61 Å². The minimum atomic E-state index is -3.65. The van der Waals surface area contributed by atoms with Gasteiger partial charge in [-0.1, -0.05) is 41.5 Å². The van der Waals surface area contributed by atoms with E-state index in [-0.39, 0.29) is 60.2 Å². The van der Waals surface area contributed by atoms with E-state index in [1.165, 1.54) is 0 Å². The van der Waals surface area contributed by atoms with Gasteiger partial charge in [-0.25, -0.2) is 8.78 Å². The first-order valence-corrected chi connectivity index (χ1v) is 16.4. The maximum absolute atomic E-state index is 12.8. The minimum Gasteiger partial charge on any atom is -0.389 e. The molecule has 2 rings (SSSR count). The van der Waals surface area contributed by atoms with Crippen LogP contribution >= 0.6 is 0 Å². The highest BCUT2D eigenvalue weighted by Gasteiger charge is 2.41. The van der Waals surface area contributed by atoms with Crippen LogP contribution in [0.1, 0.15) is 80.1 Å². The molecule has 0 heterocycles. The van der Waals surface area contributed by atoms with Crippen molar-refractivity contribution in [3.8, 4) is 0 Å². The number of hydrogen-bond acceptors (Lipinski definition) is 10. The Bertz CT molecular complexity index is 833. The molecule has 0 aliphatic heterocycles. The van der Waals surface area contributed by atoms with Gasteiger partial charge in [-0.2, -0.15) is 8.78 Å². The van der Waals surface area contributed by atoms with E-state index in [2.05, 4.69) is 66.4 Å². The summed E-state index contributed by atoms with van der Waals surface area (Å²) in [4.78, 5) is 0. The molecule has 2 aliphatic rings. The lowest BCUT2D eigenvalue weighted by molar-refractivity contribution is -0.279. The van der Waals surface area contributed by atoms with Crippen LogP contribution in [0.4, 0.5) is 17.6 Å². The van der Waals surface area contributed by atoms with E-state index < -0.39 is 38.6 Å². The first-order valence-electron chi connectivity index (χ1n) is 16.4. The number of ether oxygens (including phenoxy) is 4. The maximum Gasteiger partial charge on any atom is 0.381 e. The summed E-state index contributed by atoms with van der Waals surface area (Å²) < 4.78 is 67.0. The average Bonchev–Trinajstić information content (AvgIpc) is 2.86. The Morgan fingerprint density at radius 3 is 1.57 bits per heavy atom. The molecular formula is C32H64F4N4O6. The Hall–Kier alpha value is -0.680. The summed E-state index contributed by atoms with van der Waals surface area (Å²) in [6.07, 6.45) is 1.21. The lowest BCUT2D eigenvalue weighted by Crippen LogP contribution is -2.47. The monoisotopic (exact) mass is 676 g/mol. The molecule has 8 N–H and O–H groups in total. The molecule has 6 unspecified atom stereocenters. The van der Waals surface area contributed by atoms with Crippen LogP contribution < -0.4 is 22.1 Å². The summed E-state index contributed by atoms with van der Waals surface area (Å²) in [5, 5.41) is 26.0. The molecule has 0 radical (unpaired) electrons. The van der Waals surface area contributed by atoms with Gasteiger partial charge < -0.3 is 46.5 Å². The van der Waals surface area contributed by atoms with Crippen LogP contribution in [-0.4, -0.2) is 114 Å². The zero-order valence-corrected chi connectivity index (χ0v) is 29.0.